The molecule has 0 amide bonds. The molecule has 130 valence electrons. The van der Waals surface area contributed by atoms with E-state index in [1.807, 2.05) is 30.3 Å². The third kappa shape index (κ3) is 4.05. The van der Waals surface area contributed by atoms with Gasteiger partial charge in [0, 0.05) is 13.0 Å². The molecule has 3 rings (SSSR count). The fourth-order valence-corrected chi connectivity index (χ4v) is 3.89. The summed E-state index contributed by atoms with van der Waals surface area (Å²) >= 11 is 6.93. The number of hydrogen-bond donors (Lipinski definition) is 1. The highest BCUT2D eigenvalue weighted by atomic mass is 35.5. The highest BCUT2D eigenvalue weighted by molar-refractivity contribution is 6.25. The molecule has 1 aliphatic carbocycles. The van der Waals surface area contributed by atoms with Crippen molar-refractivity contribution < 1.29 is 9.47 Å². The van der Waals surface area contributed by atoms with Crippen LogP contribution >= 0.6 is 11.6 Å². The third-order valence-corrected chi connectivity index (χ3v) is 4.68. The quantitative estimate of drug-likeness (QED) is 0.827. The summed E-state index contributed by atoms with van der Waals surface area (Å²) in [6.07, 6.45) is 5.67. The maximum atomic E-state index is 6.93. The molecule has 0 bridgehead atoms. The molecule has 0 saturated carbocycles. The van der Waals surface area contributed by atoms with Crippen molar-refractivity contribution in [2.75, 3.05) is 32.7 Å². The summed E-state index contributed by atoms with van der Waals surface area (Å²) in [6.45, 7) is 3.47. The number of nitrogens with zero attached hydrogens (tertiary/aromatic N) is 1. The van der Waals surface area contributed by atoms with Crippen LogP contribution in [-0.2, 0) is 4.74 Å². The van der Waals surface area contributed by atoms with E-state index in [1.54, 1.807) is 0 Å². The predicted octanol–water partition coefficient (Wildman–Crippen LogP) is 4.20. The molecule has 0 radical (unpaired) electrons. The number of anilines is 1. The maximum Gasteiger partial charge on any atom is 0.231 e. The van der Waals surface area contributed by atoms with Crippen molar-refractivity contribution in [2.24, 2.45) is 5.92 Å². The standard InChI is InChI=1S/C19H25ClN2O2/c1-14(12-22(2)3)10-19(20)9-8-18-16(11-19)21-15-6-4-5-7-17(15)23-13-24-18/h4-9,14,21H,10-13H2,1-3H3. The second kappa shape index (κ2) is 7.08. The van der Waals surface area contributed by atoms with Crippen molar-refractivity contribution in [3.05, 3.63) is 47.9 Å². The summed E-state index contributed by atoms with van der Waals surface area (Å²) in [6, 6.07) is 7.88. The summed E-state index contributed by atoms with van der Waals surface area (Å²) in [5.74, 6) is 2.11. The minimum Gasteiger partial charge on any atom is -0.456 e. The van der Waals surface area contributed by atoms with Crippen LogP contribution in [0.25, 0.3) is 0 Å². The monoisotopic (exact) mass is 348 g/mol. The van der Waals surface area contributed by atoms with Gasteiger partial charge in [-0.1, -0.05) is 25.1 Å². The number of rotatable bonds is 4. The second-order valence-electron chi connectivity index (χ2n) is 6.99. The Labute approximate surface area is 149 Å². The van der Waals surface area contributed by atoms with E-state index in [9.17, 15) is 0 Å². The van der Waals surface area contributed by atoms with Crippen LogP contribution in [-0.4, -0.2) is 37.2 Å². The van der Waals surface area contributed by atoms with E-state index in [1.165, 1.54) is 0 Å². The molecule has 0 spiro atoms. The molecule has 0 saturated heterocycles. The lowest BCUT2D eigenvalue weighted by Gasteiger charge is -2.33. The Morgan fingerprint density at radius 1 is 1.29 bits per heavy atom. The first kappa shape index (κ1) is 17.2. The van der Waals surface area contributed by atoms with Crippen LogP contribution in [0.15, 0.2) is 47.9 Å². The van der Waals surface area contributed by atoms with Gasteiger partial charge in [-0.05, 0) is 44.6 Å². The highest BCUT2D eigenvalue weighted by Gasteiger charge is 2.33. The number of benzene rings is 1. The largest absolute Gasteiger partial charge is 0.456 e. The Morgan fingerprint density at radius 3 is 2.88 bits per heavy atom. The first-order chi connectivity index (χ1) is 11.5. The van der Waals surface area contributed by atoms with E-state index < -0.39 is 0 Å². The zero-order valence-electron chi connectivity index (χ0n) is 14.5. The molecule has 4 nitrogen and oxygen atoms in total. The molecule has 1 heterocycles. The van der Waals surface area contributed by atoms with Crippen molar-refractivity contribution >= 4 is 17.3 Å². The zero-order valence-corrected chi connectivity index (χ0v) is 15.3. The lowest BCUT2D eigenvalue weighted by molar-refractivity contribution is 0.0635. The van der Waals surface area contributed by atoms with Gasteiger partial charge in [0.2, 0.25) is 6.79 Å². The van der Waals surface area contributed by atoms with Gasteiger partial charge in [-0.15, -0.1) is 11.6 Å². The summed E-state index contributed by atoms with van der Waals surface area (Å²) in [7, 11) is 4.19. The Morgan fingerprint density at radius 2 is 2.08 bits per heavy atom. The molecule has 2 aliphatic rings. The van der Waals surface area contributed by atoms with Gasteiger partial charge >= 0.3 is 0 Å². The molecule has 1 aromatic carbocycles. The van der Waals surface area contributed by atoms with E-state index in [0.29, 0.717) is 12.3 Å². The first-order valence-electron chi connectivity index (χ1n) is 8.33. The molecule has 2 atom stereocenters. The molecule has 0 aromatic heterocycles. The highest BCUT2D eigenvalue weighted by Crippen LogP contribution is 2.40. The number of alkyl halides is 1. The lowest BCUT2D eigenvalue weighted by Crippen LogP contribution is -2.31. The normalized spacial score (nSPS) is 24.0. The van der Waals surface area contributed by atoms with Crippen LogP contribution in [0, 0.1) is 5.92 Å². The summed E-state index contributed by atoms with van der Waals surface area (Å²) in [5.41, 5.74) is 1.96. The van der Waals surface area contributed by atoms with Crippen molar-refractivity contribution in [1.29, 1.82) is 0 Å². The molecule has 1 aromatic rings. The Bertz CT molecular complexity index is 657. The third-order valence-electron chi connectivity index (χ3n) is 4.27. The van der Waals surface area contributed by atoms with Gasteiger partial charge in [0.15, 0.2) is 0 Å². The molecule has 24 heavy (non-hydrogen) atoms. The van der Waals surface area contributed by atoms with Crippen LogP contribution in [0.4, 0.5) is 5.69 Å². The molecule has 0 fully saturated rings. The number of fused-ring (bicyclic) bond motifs is 1. The van der Waals surface area contributed by atoms with Crippen LogP contribution in [0.5, 0.6) is 5.75 Å². The molecule has 2 unspecified atom stereocenters. The fraction of sp³-hybridized carbons (Fsp3) is 0.474. The van der Waals surface area contributed by atoms with Crippen molar-refractivity contribution in [2.45, 2.75) is 24.6 Å². The van der Waals surface area contributed by atoms with E-state index in [-0.39, 0.29) is 11.7 Å². The van der Waals surface area contributed by atoms with E-state index in [0.717, 1.165) is 35.9 Å². The van der Waals surface area contributed by atoms with Gasteiger partial charge in [0.05, 0.1) is 16.3 Å². The van der Waals surface area contributed by atoms with Crippen molar-refractivity contribution in [3.63, 3.8) is 0 Å². The summed E-state index contributed by atoms with van der Waals surface area (Å²) in [4.78, 5) is 1.81. The average Bonchev–Trinajstić information content (AvgIpc) is 2.47. The van der Waals surface area contributed by atoms with E-state index in [4.69, 9.17) is 21.1 Å². The zero-order chi connectivity index (χ0) is 17.2. The average molecular weight is 349 g/mol. The number of nitrogens with one attached hydrogen (secondary N) is 1. The van der Waals surface area contributed by atoms with Gasteiger partial charge < -0.3 is 19.7 Å². The fourth-order valence-electron chi connectivity index (χ4n) is 3.43. The number of ether oxygens (including phenoxy) is 2. The van der Waals surface area contributed by atoms with Gasteiger partial charge in [0.25, 0.3) is 0 Å². The minimum absolute atomic E-state index is 0.203. The smallest absolute Gasteiger partial charge is 0.231 e. The summed E-state index contributed by atoms with van der Waals surface area (Å²) < 4.78 is 11.4. The van der Waals surface area contributed by atoms with E-state index >= 15 is 0 Å². The Kier molecular flexibility index (Phi) is 5.07. The molecular weight excluding hydrogens is 324 g/mol. The van der Waals surface area contributed by atoms with Crippen LogP contribution in [0.3, 0.4) is 0 Å². The van der Waals surface area contributed by atoms with Gasteiger partial charge in [0.1, 0.15) is 11.5 Å². The lowest BCUT2D eigenvalue weighted by atomic mass is 9.87. The van der Waals surface area contributed by atoms with Crippen molar-refractivity contribution in [3.8, 4) is 5.75 Å². The molecular formula is C19H25ClN2O2. The van der Waals surface area contributed by atoms with E-state index in [2.05, 4.69) is 37.3 Å². The molecule has 1 N–H and O–H groups in total. The van der Waals surface area contributed by atoms with Crippen LogP contribution in [0.2, 0.25) is 0 Å². The van der Waals surface area contributed by atoms with Crippen molar-refractivity contribution in [1.82, 2.24) is 4.90 Å². The number of halogens is 1. The second-order valence-corrected chi connectivity index (χ2v) is 7.74. The summed E-state index contributed by atoms with van der Waals surface area (Å²) in [5, 5.41) is 3.45. The first-order valence-corrected chi connectivity index (χ1v) is 8.71. The van der Waals surface area contributed by atoms with Gasteiger partial charge in [-0.2, -0.15) is 0 Å². The SMILES string of the molecule is CC(CN(C)C)CC1(Cl)C=CC2=C(C1)Nc1ccccc1OCO2. The number of hydrogen-bond acceptors (Lipinski definition) is 4. The van der Waals surface area contributed by atoms with Gasteiger partial charge in [-0.25, -0.2) is 0 Å². The topological polar surface area (TPSA) is 33.7 Å². The number of allylic oxidation sites excluding steroid dienone is 3. The molecule has 1 aliphatic heterocycles. The van der Waals surface area contributed by atoms with Crippen LogP contribution < -0.4 is 10.1 Å². The van der Waals surface area contributed by atoms with Crippen LogP contribution in [0.1, 0.15) is 19.8 Å². The number of para-hydroxylation sites is 2. The molecule has 5 heteroatoms. The Balaban J connectivity index is 1.77. The maximum absolute atomic E-state index is 6.93. The Hall–Kier alpha value is -1.65. The minimum atomic E-state index is -0.389. The van der Waals surface area contributed by atoms with Gasteiger partial charge in [-0.3, -0.25) is 0 Å². The predicted molar refractivity (Wildman–Crippen MR) is 98.3 cm³/mol.